The fourth-order valence-electron chi connectivity index (χ4n) is 4.05. The number of primary amides is 1. The Labute approximate surface area is 198 Å². The van der Waals surface area contributed by atoms with E-state index in [4.69, 9.17) is 26.5 Å². The van der Waals surface area contributed by atoms with Gasteiger partial charge >= 0.3 is 0 Å². The van der Waals surface area contributed by atoms with E-state index in [1.54, 1.807) is 48.7 Å². The van der Waals surface area contributed by atoms with Crippen molar-refractivity contribution in [1.29, 1.82) is 0 Å². The van der Waals surface area contributed by atoms with Gasteiger partial charge < -0.3 is 14.9 Å². The molecule has 2 aromatic carbocycles. The standard InChI is InChI=1S/C25H18ClN3O5/c1-13-8-9-28-20(10-13)29-22(14-2-5-16(6-3-14)33-12-19(27)30)21-23(31)17-11-15(26)4-7-18(17)34-24(21)25(29)32/h2-11,22H,12H2,1H3,(H2,27,30). The highest BCUT2D eigenvalue weighted by atomic mass is 35.5. The molecule has 0 radical (unpaired) electrons. The van der Waals surface area contributed by atoms with Crippen molar-refractivity contribution in [3.8, 4) is 5.75 Å². The molecule has 170 valence electrons. The number of fused-ring (bicyclic) bond motifs is 2. The lowest BCUT2D eigenvalue weighted by Gasteiger charge is -2.24. The average molecular weight is 476 g/mol. The van der Waals surface area contributed by atoms with Crippen molar-refractivity contribution < 1.29 is 18.7 Å². The third kappa shape index (κ3) is 3.68. The van der Waals surface area contributed by atoms with Crippen molar-refractivity contribution in [1.82, 2.24) is 4.98 Å². The summed E-state index contributed by atoms with van der Waals surface area (Å²) in [5.41, 5.74) is 6.80. The SMILES string of the molecule is Cc1ccnc(N2C(=O)c3oc4ccc(Cl)cc4c(=O)c3C2c2ccc(OCC(N)=O)cc2)c1. The highest BCUT2D eigenvalue weighted by molar-refractivity contribution is 6.31. The fourth-order valence-corrected chi connectivity index (χ4v) is 4.22. The summed E-state index contributed by atoms with van der Waals surface area (Å²) < 4.78 is 11.3. The molecule has 1 aliphatic rings. The quantitative estimate of drug-likeness (QED) is 0.469. The normalized spacial score (nSPS) is 14.9. The zero-order valence-corrected chi connectivity index (χ0v) is 18.7. The number of halogens is 1. The van der Waals surface area contributed by atoms with E-state index in [-0.39, 0.29) is 34.3 Å². The third-order valence-corrected chi connectivity index (χ3v) is 5.79. The van der Waals surface area contributed by atoms with Gasteiger partial charge in [0.2, 0.25) is 5.76 Å². The van der Waals surface area contributed by atoms with Gasteiger partial charge in [-0.1, -0.05) is 23.7 Å². The number of carbonyl (C=O) groups is 2. The lowest BCUT2D eigenvalue weighted by molar-refractivity contribution is -0.119. The summed E-state index contributed by atoms with van der Waals surface area (Å²) in [6, 6.07) is 14.2. The molecule has 2 aromatic heterocycles. The first kappa shape index (κ1) is 21.7. The van der Waals surface area contributed by atoms with Gasteiger partial charge in [-0.15, -0.1) is 0 Å². The first-order valence-corrected chi connectivity index (χ1v) is 10.7. The van der Waals surface area contributed by atoms with E-state index in [0.29, 0.717) is 22.2 Å². The predicted molar refractivity (Wildman–Crippen MR) is 126 cm³/mol. The third-order valence-electron chi connectivity index (χ3n) is 5.56. The maximum Gasteiger partial charge on any atom is 0.296 e. The second-order valence-electron chi connectivity index (χ2n) is 7.91. The molecule has 1 aliphatic heterocycles. The number of carbonyl (C=O) groups excluding carboxylic acids is 2. The van der Waals surface area contributed by atoms with Gasteiger partial charge in [0.25, 0.3) is 11.8 Å². The average Bonchev–Trinajstić information content (AvgIpc) is 3.11. The van der Waals surface area contributed by atoms with Crippen LogP contribution in [0.3, 0.4) is 0 Å². The maximum absolute atomic E-state index is 13.6. The largest absolute Gasteiger partial charge is 0.484 e. The van der Waals surface area contributed by atoms with E-state index in [1.807, 2.05) is 13.0 Å². The number of nitrogens with zero attached hydrogens (tertiary/aromatic N) is 2. The molecule has 3 heterocycles. The lowest BCUT2D eigenvalue weighted by Crippen LogP contribution is -2.30. The van der Waals surface area contributed by atoms with Gasteiger partial charge in [0.1, 0.15) is 17.2 Å². The number of benzene rings is 2. The molecule has 5 rings (SSSR count). The van der Waals surface area contributed by atoms with Crippen LogP contribution in [0.25, 0.3) is 11.0 Å². The van der Waals surface area contributed by atoms with Gasteiger partial charge in [-0.2, -0.15) is 0 Å². The van der Waals surface area contributed by atoms with Crippen LogP contribution in [0.4, 0.5) is 5.82 Å². The molecule has 1 atom stereocenters. The molecule has 0 bridgehead atoms. The second-order valence-corrected chi connectivity index (χ2v) is 8.34. The number of hydrogen-bond acceptors (Lipinski definition) is 6. The molecule has 0 aliphatic carbocycles. The Morgan fingerprint density at radius 1 is 1.15 bits per heavy atom. The zero-order chi connectivity index (χ0) is 24.0. The second kappa shape index (κ2) is 8.31. The first-order valence-electron chi connectivity index (χ1n) is 10.4. The Morgan fingerprint density at radius 3 is 2.62 bits per heavy atom. The highest BCUT2D eigenvalue weighted by Gasteiger charge is 2.44. The summed E-state index contributed by atoms with van der Waals surface area (Å²) in [5, 5.41) is 0.665. The van der Waals surface area contributed by atoms with Crippen LogP contribution in [-0.2, 0) is 4.79 Å². The van der Waals surface area contributed by atoms with Crippen LogP contribution in [0.15, 0.2) is 70.0 Å². The van der Waals surface area contributed by atoms with Gasteiger partial charge in [0, 0.05) is 11.2 Å². The lowest BCUT2D eigenvalue weighted by atomic mass is 9.98. The van der Waals surface area contributed by atoms with Crippen LogP contribution in [0, 0.1) is 6.92 Å². The van der Waals surface area contributed by atoms with Crippen molar-refractivity contribution >= 4 is 40.2 Å². The highest BCUT2D eigenvalue weighted by Crippen LogP contribution is 2.41. The molecule has 1 unspecified atom stereocenters. The number of aromatic nitrogens is 1. The Kier molecular flexibility index (Phi) is 5.30. The minimum Gasteiger partial charge on any atom is -0.484 e. The summed E-state index contributed by atoms with van der Waals surface area (Å²) in [4.78, 5) is 44.0. The van der Waals surface area contributed by atoms with Crippen LogP contribution in [0.2, 0.25) is 5.02 Å². The smallest absolute Gasteiger partial charge is 0.296 e. The van der Waals surface area contributed by atoms with Gasteiger partial charge in [0.15, 0.2) is 12.0 Å². The van der Waals surface area contributed by atoms with Crippen molar-refractivity contribution in [3.63, 3.8) is 0 Å². The molecular weight excluding hydrogens is 458 g/mol. The molecule has 2 N–H and O–H groups in total. The van der Waals surface area contributed by atoms with Crippen LogP contribution < -0.4 is 20.8 Å². The number of ether oxygens (including phenoxy) is 1. The van der Waals surface area contributed by atoms with E-state index in [0.717, 1.165) is 5.56 Å². The topological polar surface area (TPSA) is 116 Å². The number of hydrogen-bond donors (Lipinski definition) is 1. The van der Waals surface area contributed by atoms with E-state index >= 15 is 0 Å². The number of amides is 2. The molecule has 0 fully saturated rings. The Bertz CT molecular complexity index is 1510. The molecule has 0 spiro atoms. The summed E-state index contributed by atoms with van der Waals surface area (Å²) in [6.07, 6.45) is 1.60. The molecule has 0 saturated heterocycles. The minimum absolute atomic E-state index is 0.0396. The Hall–Kier alpha value is -4.17. The molecule has 0 saturated carbocycles. The number of anilines is 1. The van der Waals surface area contributed by atoms with E-state index in [1.165, 1.54) is 11.0 Å². The van der Waals surface area contributed by atoms with Gasteiger partial charge in [0.05, 0.1) is 17.0 Å². The van der Waals surface area contributed by atoms with Crippen LogP contribution in [0.5, 0.6) is 5.75 Å². The molecule has 2 amide bonds. The van der Waals surface area contributed by atoms with Crippen LogP contribution in [-0.4, -0.2) is 23.4 Å². The minimum atomic E-state index is -0.790. The summed E-state index contributed by atoms with van der Waals surface area (Å²) >= 11 is 6.12. The van der Waals surface area contributed by atoms with Crippen molar-refractivity contribution in [2.75, 3.05) is 11.5 Å². The van der Waals surface area contributed by atoms with E-state index in [9.17, 15) is 14.4 Å². The van der Waals surface area contributed by atoms with E-state index < -0.39 is 17.9 Å². The van der Waals surface area contributed by atoms with Crippen LogP contribution in [0.1, 0.15) is 33.3 Å². The Morgan fingerprint density at radius 2 is 1.91 bits per heavy atom. The summed E-state index contributed by atoms with van der Waals surface area (Å²) in [5.74, 6) is -0.302. The van der Waals surface area contributed by atoms with Crippen molar-refractivity contribution in [3.05, 3.63) is 98.5 Å². The van der Waals surface area contributed by atoms with Crippen LogP contribution >= 0.6 is 11.6 Å². The van der Waals surface area contributed by atoms with Gasteiger partial charge in [-0.05, 0) is 60.5 Å². The maximum atomic E-state index is 13.6. The predicted octanol–water partition coefficient (Wildman–Crippen LogP) is 3.76. The first-order chi connectivity index (χ1) is 16.3. The monoisotopic (exact) mass is 475 g/mol. The van der Waals surface area contributed by atoms with Gasteiger partial charge in [-0.3, -0.25) is 19.3 Å². The van der Waals surface area contributed by atoms with Crippen molar-refractivity contribution in [2.24, 2.45) is 5.73 Å². The fraction of sp³-hybridized carbons (Fsp3) is 0.120. The number of pyridine rings is 1. The van der Waals surface area contributed by atoms with E-state index in [2.05, 4.69) is 4.98 Å². The zero-order valence-electron chi connectivity index (χ0n) is 17.9. The molecule has 9 heteroatoms. The molecular formula is C25H18ClN3O5. The van der Waals surface area contributed by atoms with Gasteiger partial charge in [-0.25, -0.2) is 4.98 Å². The molecule has 4 aromatic rings. The summed E-state index contributed by atoms with van der Waals surface area (Å²) in [7, 11) is 0. The number of rotatable bonds is 5. The van der Waals surface area contributed by atoms with Crippen molar-refractivity contribution in [2.45, 2.75) is 13.0 Å². The molecule has 8 nitrogen and oxygen atoms in total. The molecule has 34 heavy (non-hydrogen) atoms. The number of nitrogens with two attached hydrogens (primary N) is 1. The Balaban J connectivity index is 1.70. The number of aryl methyl sites for hydroxylation is 1. The summed E-state index contributed by atoms with van der Waals surface area (Å²) in [6.45, 7) is 1.62.